The summed E-state index contributed by atoms with van der Waals surface area (Å²) in [4.78, 5) is 23.9. The SMILES string of the molecule is CCC(=O)c1ccc(OCC(=O)Nc2ccccc2S(=O)(=O)NC(C)(C)C)cc1. The van der Waals surface area contributed by atoms with Crippen LogP contribution in [-0.2, 0) is 14.8 Å². The number of Topliss-reactive ketones (excluding diaryl/α,β-unsaturated/α-hetero) is 1. The molecule has 8 heteroatoms. The molecule has 0 atom stereocenters. The van der Waals surface area contributed by atoms with E-state index in [4.69, 9.17) is 4.74 Å². The standard InChI is InChI=1S/C21H26N2O5S/c1-5-18(24)15-10-12-16(13-11-15)28-14-20(25)22-17-8-6-7-9-19(17)29(26,27)23-21(2,3)4/h6-13,23H,5,14H2,1-4H3,(H,22,25). The van der Waals surface area contributed by atoms with Gasteiger partial charge in [-0.25, -0.2) is 13.1 Å². The van der Waals surface area contributed by atoms with Crippen LogP contribution in [0.3, 0.4) is 0 Å². The van der Waals surface area contributed by atoms with E-state index in [-0.39, 0.29) is 23.0 Å². The molecule has 0 saturated heterocycles. The maximum absolute atomic E-state index is 12.6. The summed E-state index contributed by atoms with van der Waals surface area (Å²) in [5.74, 6) is -0.0452. The van der Waals surface area contributed by atoms with Crippen LogP contribution in [0.4, 0.5) is 5.69 Å². The molecule has 29 heavy (non-hydrogen) atoms. The van der Waals surface area contributed by atoms with Crippen molar-refractivity contribution in [1.82, 2.24) is 4.72 Å². The summed E-state index contributed by atoms with van der Waals surface area (Å²) in [5, 5.41) is 2.57. The minimum Gasteiger partial charge on any atom is -0.484 e. The van der Waals surface area contributed by atoms with Crippen LogP contribution in [-0.4, -0.2) is 32.3 Å². The molecule has 2 N–H and O–H groups in total. The average Bonchev–Trinajstić information content (AvgIpc) is 2.64. The number of anilines is 1. The van der Waals surface area contributed by atoms with Crippen molar-refractivity contribution in [3.8, 4) is 5.75 Å². The fourth-order valence-corrected chi connectivity index (χ4v) is 4.12. The molecular formula is C21H26N2O5S. The van der Waals surface area contributed by atoms with E-state index in [1.54, 1.807) is 64.1 Å². The summed E-state index contributed by atoms with van der Waals surface area (Å²) >= 11 is 0. The second-order valence-electron chi connectivity index (χ2n) is 7.49. The highest BCUT2D eigenvalue weighted by Gasteiger charge is 2.25. The molecule has 0 aliphatic carbocycles. The summed E-state index contributed by atoms with van der Waals surface area (Å²) in [6.07, 6.45) is 0.412. The highest BCUT2D eigenvalue weighted by atomic mass is 32.2. The summed E-state index contributed by atoms with van der Waals surface area (Å²) in [6, 6.07) is 12.7. The van der Waals surface area contributed by atoms with Crippen LogP contribution >= 0.6 is 0 Å². The average molecular weight is 419 g/mol. The van der Waals surface area contributed by atoms with Gasteiger partial charge in [-0.2, -0.15) is 0 Å². The lowest BCUT2D eigenvalue weighted by Gasteiger charge is -2.21. The van der Waals surface area contributed by atoms with E-state index in [0.717, 1.165) is 0 Å². The molecule has 156 valence electrons. The molecule has 2 aromatic carbocycles. The number of ketones is 1. The number of carbonyl (C=O) groups is 2. The van der Waals surface area contributed by atoms with Crippen LogP contribution < -0.4 is 14.8 Å². The van der Waals surface area contributed by atoms with Crippen molar-refractivity contribution in [2.45, 2.75) is 44.6 Å². The van der Waals surface area contributed by atoms with Crippen LogP contribution in [0.2, 0.25) is 0 Å². The minimum atomic E-state index is -3.81. The van der Waals surface area contributed by atoms with E-state index >= 15 is 0 Å². The third-order valence-electron chi connectivity index (χ3n) is 3.76. The molecule has 2 aromatic rings. The molecule has 0 aliphatic rings. The minimum absolute atomic E-state index is 0.0225. The van der Waals surface area contributed by atoms with Crippen molar-refractivity contribution < 1.29 is 22.7 Å². The first-order valence-corrected chi connectivity index (χ1v) is 10.7. The summed E-state index contributed by atoms with van der Waals surface area (Å²) < 4.78 is 33.2. The van der Waals surface area contributed by atoms with Crippen molar-refractivity contribution in [1.29, 1.82) is 0 Å². The molecule has 1 amide bonds. The van der Waals surface area contributed by atoms with Crippen molar-refractivity contribution in [2.24, 2.45) is 0 Å². The van der Waals surface area contributed by atoms with Gasteiger partial charge in [-0.15, -0.1) is 0 Å². The van der Waals surface area contributed by atoms with E-state index in [2.05, 4.69) is 10.0 Å². The second-order valence-corrected chi connectivity index (χ2v) is 9.14. The molecule has 2 rings (SSSR count). The third-order valence-corrected chi connectivity index (χ3v) is 5.57. The Kier molecular flexibility index (Phi) is 7.16. The van der Waals surface area contributed by atoms with Gasteiger partial charge in [-0.05, 0) is 57.2 Å². The van der Waals surface area contributed by atoms with Crippen molar-refractivity contribution in [3.63, 3.8) is 0 Å². The van der Waals surface area contributed by atoms with Gasteiger partial charge in [0.25, 0.3) is 5.91 Å². The van der Waals surface area contributed by atoms with Crippen molar-refractivity contribution >= 4 is 27.4 Å². The molecule has 0 unspecified atom stereocenters. The van der Waals surface area contributed by atoms with Crippen molar-refractivity contribution in [3.05, 3.63) is 54.1 Å². The van der Waals surface area contributed by atoms with Gasteiger partial charge in [-0.1, -0.05) is 19.1 Å². The Morgan fingerprint density at radius 1 is 1.00 bits per heavy atom. The van der Waals surface area contributed by atoms with Gasteiger partial charge in [0.1, 0.15) is 10.6 Å². The van der Waals surface area contributed by atoms with Gasteiger partial charge in [-0.3, -0.25) is 9.59 Å². The second kappa shape index (κ2) is 9.19. The third kappa shape index (κ3) is 6.69. The predicted molar refractivity (Wildman–Crippen MR) is 112 cm³/mol. The monoisotopic (exact) mass is 418 g/mol. The number of nitrogens with one attached hydrogen (secondary N) is 2. The van der Waals surface area contributed by atoms with Crippen LogP contribution in [0.1, 0.15) is 44.5 Å². The quantitative estimate of drug-likeness (QED) is 0.640. The first kappa shape index (κ1) is 22.6. The highest BCUT2D eigenvalue weighted by Crippen LogP contribution is 2.22. The van der Waals surface area contributed by atoms with Gasteiger partial charge in [0, 0.05) is 17.5 Å². The fraction of sp³-hybridized carbons (Fsp3) is 0.333. The van der Waals surface area contributed by atoms with E-state index in [1.165, 1.54) is 12.1 Å². The Bertz CT molecular complexity index is 977. The number of hydrogen-bond acceptors (Lipinski definition) is 5. The van der Waals surface area contributed by atoms with E-state index in [0.29, 0.717) is 17.7 Å². The number of ether oxygens (including phenoxy) is 1. The highest BCUT2D eigenvalue weighted by molar-refractivity contribution is 7.89. The zero-order valence-electron chi connectivity index (χ0n) is 17.0. The van der Waals surface area contributed by atoms with Crippen LogP contribution in [0, 0.1) is 0 Å². The van der Waals surface area contributed by atoms with Crippen LogP contribution in [0.15, 0.2) is 53.4 Å². The summed E-state index contributed by atoms with van der Waals surface area (Å²) in [5.41, 5.74) is 0.0845. The number of amides is 1. The van der Waals surface area contributed by atoms with E-state index in [9.17, 15) is 18.0 Å². The topological polar surface area (TPSA) is 102 Å². The zero-order valence-corrected chi connectivity index (χ0v) is 17.8. The number of benzene rings is 2. The first-order valence-electron chi connectivity index (χ1n) is 9.21. The summed E-state index contributed by atoms with van der Waals surface area (Å²) in [6.45, 7) is 6.69. The largest absolute Gasteiger partial charge is 0.484 e. The van der Waals surface area contributed by atoms with Gasteiger partial charge in [0.05, 0.1) is 5.69 Å². The lowest BCUT2D eigenvalue weighted by Crippen LogP contribution is -2.40. The lowest BCUT2D eigenvalue weighted by atomic mass is 10.1. The van der Waals surface area contributed by atoms with Gasteiger partial charge >= 0.3 is 0 Å². The normalized spacial score (nSPS) is 11.7. The zero-order chi connectivity index (χ0) is 21.7. The molecule has 0 radical (unpaired) electrons. The molecule has 0 heterocycles. The lowest BCUT2D eigenvalue weighted by molar-refractivity contribution is -0.118. The smallest absolute Gasteiger partial charge is 0.262 e. The van der Waals surface area contributed by atoms with Crippen LogP contribution in [0.25, 0.3) is 0 Å². The van der Waals surface area contributed by atoms with Gasteiger partial charge in [0.2, 0.25) is 10.0 Å². The van der Waals surface area contributed by atoms with Gasteiger partial charge < -0.3 is 10.1 Å². The maximum Gasteiger partial charge on any atom is 0.262 e. The number of para-hydroxylation sites is 1. The molecule has 0 spiro atoms. The maximum atomic E-state index is 12.6. The molecule has 0 bridgehead atoms. The number of hydrogen-bond donors (Lipinski definition) is 2. The molecule has 7 nitrogen and oxygen atoms in total. The van der Waals surface area contributed by atoms with E-state index in [1.807, 2.05) is 0 Å². The number of sulfonamides is 1. The molecule has 0 aliphatic heterocycles. The number of carbonyl (C=O) groups excluding carboxylic acids is 2. The predicted octanol–water partition coefficient (Wildman–Crippen LogP) is 3.37. The Morgan fingerprint density at radius 3 is 2.21 bits per heavy atom. The molecule has 0 saturated carbocycles. The Balaban J connectivity index is 2.05. The number of rotatable bonds is 8. The molecule has 0 aromatic heterocycles. The van der Waals surface area contributed by atoms with Crippen LogP contribution in [0.5, 0.6) is 5.75 Å². The fourth-order valence-electron chi connectivity index (χ4n) is 2.54. The molecule has 0 fully saturated rings. The first-order chi connectivity index (χ1) is 13.5. The summed E-state index contributed by atoms with van der Waals surface area (Å²) in [7, 11) is -3.81. The Morgan fingerprint density at radius 2 is 1.62 bits per heavy atom. The van der Waals surface area contributed by atoms with E-state index < -0.39 is 21.5 Å². The Labute approximate surface area is 171 Å². The molecular weight excluding hydrogens is 392 g/mol. The van der Waals surface area contributed by atoms with Gasteiger partial charge in [0.15, 0.2) is 12.4 Å². The van der Waals surface area contributed by atoms with Crippen molar-refractivity contribution in [2.75, 3.05) is 11.9 Å². The Hall–Kier alpha value is -2.71.